The van der Waals surface area contributed by atoms with Crippen LogP contribution in [-0.4, -0.2) is 22.0 Å². The van der Waals surface area contributed by atoms with Crippen molar-refractivity contribution >= 4 is 8.25 Å². The molecule has 6 nitrogen and oxygen atoms in total. The van der Waals surface area contributed by atoms with Gasteiger partial charge in [-0.2, -0.15) is 0 Å². The van der Waals surface area contributed by atoms with Crippen molar-refractivity contribution in [1.82, 2.24) is 9.97 Å². The number of rotatable bonds is 5. The van der Waals surface area contributed by atoms with Crippen molar-refractivity contribution in [2.45, 2.75) is 6.61 Å². The van der Waals surface area contributed by atoms with Gasteiger partial charge in [-0.15, -0.1) is 0 Å². The highest BCUT2D eigenvalue weighted by atomic mass is 31.1. The Balaban J connectivity index is 2.20. The average molecular weight is 280 g/mol. The largest absolute Gasteiger partial charge is 0.481 e. The van der Waals surface area contributed by atoms with Crippen molar-refractivity contribution < 1.29 is 18.7 Å². The summed E-state index contributed by atoms with van der Waals surface area (Å²) in [5, 5.41) is 0. The number of hydrogen-bond acceptors (Lipinski definition) is 5. The molecule has 2 rings (SSSR count). The molecule has 2 aromatic rings. The van der Waals surface area contributed by atoms with Crippen molar-refractivity contribution in [2.75, 3.05) is 7.11 Å². The summed E-state index contributed by atoms with van der Waals surface area (Å²) in [6.07, 6.45) is 3.30. The first-order valence-electron chi connectivity index (χ1n) is 5.50. The lowest BCUT2D eigenvalue weighted by Crippen LogP contribution is -1.93. The fraction of sp³-hybridized carbons (Fsp3) is 0.167. The third-order valence-corrected chi connectivity index (χ3v) is 2.84. The Kier molecular flexibility index (Phi) is 4.63. The van der Waals surface area contributed by atoms with Crippen LogP contribution in [0.2, 0.25) is 0 Å². The maximum absolute atomic E-state index is 10.5. The molecule has 1 atom stereocenters. The lowest BCUT2D eigenvalue weighted by atomic mass is 10.1. The van der Waals surface area contributed by atoms with Gasteiger partial charge in [0.15, 0.2) is 0 Å². The Morgan fingerprint density at radius 2 is 2.16 bits per heavy atom. The van der Waals surface area contributed by atoms with Crippen LogP contribution in [0.3, 0.4) is 0 Å². The van der Waals surface area contributed by atoms with Crippen molar-refractivity contribution in [3.05, 3.63) is 42.4 Å². The summed E-state index contributed by atoms with van der Waals surface area (Å²) >= 11 is 0. The molecule has 100 valence electrons. The highest BCUT2D eigenvalue weighted by Gasteiger charge is 2.07. The maximum atomic E-state index is 10.5. The van der Waals surface area contributed by atoms with E-state index >= 15 is 0 Å². The molecule has 0 amide bonds. The quantitative estimate of drug-likeness (QED) is 0.844. The molecule has 0 saturated carbocycles. The summed E-state index contributed by atoms with van der Waals surface area (Å²) in [4.78, 5) is 16.9. The van der Waals surface area contributed by atoms with Crippen LogP contribution in [-0.2, 0) is 15.7 Å². The van der Waals surface area contributed by atoms with Gasteiger partial charge in [0, 0.05) is 23.5 Å². The fourth-order valence-electron chi connectivity index (χ4n) is 1.58. The van der Waals surface area contributed by atoms with E-state index < -0.39 is 8.25 Å². The van der Waals surface area contributed by atoms with Crippen LogP contribution >= 0.6 is 8.25 Å². The first-order chi connectivity index (χ1) is 9.20. The molecule has 0 aliphatic rings. The molecule has 19 heavy (non-hydrogen) atoms. The maximum Gasteiger partial charge on any atom is 0.316 e. The molecule has 7 heteroatoms. The molecular weight excluding hydrogens is 267 g/mol. The Labute approximate surface area is 111 Å². The lowest BCUT2D eigenvalue weighted by molar-refractivity contribution is 0.269. The van der Waals surface area contributed by atoms with E-state index in [0.29, 0.717) is 11.6 Å². The fourth-order valence-corrected chi connectivity index (χ4v) is 1.85. The minimum absolute atomic E-state index is 0.0126. The summed E-state index contributed by atoms with van der Waals surface area (Å²) in [5.74, 6) is 0.522. The van der Waals surface area contributed by atoms with Crippen LogP contribution in [0.5, 0.6) is 5.88 Å². The van der Waals surface area contributed by atoms with Crippen LogP contribution in [0.25, 0.3) is 11.1 Å². The second kappa shape index (κ2) is 6.43. The molecule has 2 aromatic heterocycles. The van der Waals surface area contributed by atoms with Crippen LogP contribution in [0.15, 0.2) is 36.7 Å². The van der Waals surface area contributed by atoms with Crippen LogP contribution in [0, 0.1) is 0 Å². The van der Waals surface area contributed by atoms with Gasteiger partial charge in [0.2, 0.25) is 5.88 Å². The Hall–Kier alpha value is -1.75. The number of methoxy groups -OCH3 is 1. The number of aromatic nitrogens is 2. The molecule has 2 heterocycles. The van der Waals surface area contributed by atoms with Crippen molar-refractivity contribution in [3.63, 3.8) is 0 Å². The molecule has 0 saturated heterocycles. The summed E-state index contributed by atoms with van der Waals surface area (Å²) in [7, 11) is -1.37. The predicted octanol–water partition coefficient (Wildman–Crippen LogP) is 2.05. The smallest absolute Gasteiger partial charge is 0.316 e. The number of ether oxygens (including phenoxy) is 1. The normalized spacial score (nSPS) is 12.1. The molecule has 0 aliphatic carbocycles. The highest BCUT2D eigenvalue weighted by molar-refractivity contribution is 7.32. The molecule has 0 radical (unpaired) electrons. The average Bonchev–Trinajstić information content (AvgIpc) is 2.45. The molecule has 0 spiro atoms. The molecular formula is C12H13N2O4P. The third-order valence-electron chi connectivity index (χ3n) is 2.44. The summed E-state index contributed by atoms with van der Waals surface area (Å²) in [6, 6.07) is 7.25. The number of pyridine rings is 2. The van der Waals surface area contributed by atoms with Gasteiger partial charge < -0.3 is 14.2 Å². The van der Waals surface area contributed by atoms with Crippen LogP contribution in [0.4, 0.5) is 0 Å². The van der Waals surface area contributed by atoms with Gasteiger partial charge in [0.1, 0.15) is 0 Å². The van der Waals surface area contributed by atoms with E-state index in [2.05, 4.69) is 14.5 Å². The first kappa shape index (κ1) is 13.7. The van der Waals surface area contributed by atoms with Crippen LogP contribution in [0.1, 0.15) is 5.69 Å². The molecule has 0 aliphatic heterocycles. The zero-order valence-corrected chi connectivity index (χ0v) is 11.2. The highest BCUT2D eigenvalue weighted by Crippen LogP contribution is 2.27. The van der Waals surface area contributed by atoms with E-state index in [-0.39, 0.29) is 6.61 Å². The minimum atomic E-state index is -2.92. The Bertz CT molecular complexity index is 574. The van der Waals surface area contributed by atoms with Gasteiger partial charge in [-0.05, 0) is 18.2 Å². The van der Waals surface area contributed by atoms with E-state index in [0.717, 1.165) is 11.1 Å². The van der Waals surface area contributed by atoms with Crippen LogP contribution < -0.4 is 4.74 Å². The van der Waals surface area contributed by atoms with Gasteiger partial charge in [-0.25, -0.2) is 4.98 Å². The second-order valence-corrected chi connectivity index (χ2v) is 4.47. The van der Waals surface area contributed by atoms with Gasteiger partial charge in [-0.3, -0.25) is 9.55 Å². The Morgan fingerprint density at radius 3 is 2.79 bits per heavy atom. The van der Waals surface area contributed by atoms with E-state index in [1.54, 1.807) is 25.6 Å². The zero-order chi connectivity index (χ0) is 13.7. The molecule has 0 fully saturated rings. The summed E-state index contributed by atoms with van der Waals surface area (Å²) in [5.41, 5.74) is 2.27. The molecule has 0 aromatic carbocycles. The Morgan fingerprint density at radius 1 is 1.32 bits per heavy atom. The molecule has 0 bridgehead atoms. The predicted molar refractivity (Wildman–Crippen MR) is 70.0 cm³/mol. The topological polar surface area (TPSA) is 81.5 Å². The SMILES string of the molecule is COc1ncccc1-c1ccc(CO[PH](=O)O)nc1. The van der Waals surface area contributed by atoms with Gasteiger partial charge in [0.25, 0.3) is 0 Å². The third kappa shape index (κ3) is 3.61. The monoisotopic (exact) mass is 280 g/mol. The van der Waals surface area contributed by atoms with Gasteiger partial charge in [0.05, 0.1) is 19.4 Å². The number of hydrogen-bond donors (Lipinski definition) is 1. The van der Waals surface area contributed by atoms with E-state index in [9.17, 15) is 4.57 Å². The summed E-state index contributed by atoms with van der Waals surface area (Å²) < 4.78 is 20.3. The first-order valence-corrected chi connectivity index (χ1v) is 6.77. The van der Waals surface area contributed by atoms with Crippen molar-refractivity contribution in [3.8, 4) is 17.0 Å². The second-order valence-electron chi connectivity index (χ2n) is 3.65. The lowest BCUT2D eigenvalue weighted by Gasteiger charge is -2.07. The number of nitrogens with zero attached hydrogens (tertiary/aromatic N) is 2. The van der Waals surface area contributed by atoms with Crippen molar-refractivity contribution in [1.29, 1.82) is 0 Å². The summed E-state index contributed by atoms with van der Waals surface area (Å²) in [6.45, 7) is 0.0126. The van der Waals surface area contributed by atoms with Gasteiger partial charge >= 0.3 is 8.25 Å². The van der Waals surface area contributed by atoms with Crippen molar-refractivity contribution in [2.24, 2.45) is 0 Å². The standard InChI is InChI=1S/C12H13N2O4P/c1-17-12-11(3-2-6-13-12)9-4-5-10(14-7-9)8-18-19(15)16/h2-7,19H,8H2,1H3,(H,15,16). The molecule has 1 unspecified atom stereocenters. The van der Waals surface area contributed by atoms with E-state index in [1.165, 1.54) is 0 Å². The minimum Gasteiger partial charge on any atom is -0.481 e. The van der Waals surface area contributed by atoms with E-state index in [1.807, 2.05) is 18.2 Å². The van der Waals surface area contributed by atoms with Gasteiger partial charge in [-0.1, -0.05) is 6.07 Å². The zero-order valence-electron chi connectivity index (χ0n) is 10.2. The van der Waals surface area contributed by atoms with E-state index in [4.69, 9.17) is 9.63 Å². The molecule has 1 N–H and O–H groups in total.